The molecule has 0 aliphatic heterocycles. The summed E-state index contributed by atoms with van der Waals surface area (Å²) in [4.78, 5) is 35.6. The van der Waals surface area contributed by atoms with Gasteiger partial charge >= 0.3 is 18.0 Å². The van der Waals surface area contributed by atoms with E-state index in [9.17, 15) is 14.4 Å². The second-order valence-corrected chi connectivity index (χ2v) is 6.61. The molecule has 0 bridgehead atoms. The Hall–Kier alpha value is -2.61. The van der Waals surface area contributed by atoms with Gasteiger partial charge in [0.1, 0.15) is 18.8 Å². The molecule has 150 valence electrons. The van der Waals surface area contributed by atoms with Crippen LogP contribution in [0.5, 0.6) is 0 Å². The van der Waals surface area contributed by atoms with Crippen LogP contribution in [0.4, 0.5) is 4.79 Å². The van der Waals surface area contributed by atoms with Gasteiger partial charge in [-0.2, -0.15) is 0 Å². The summed E-state index contributed by atoms with van der Waals surface area (Å²) >= 11 is 0. The highest BCUT2D eigenvalue weighted by molar-refractivity contribution is 5.81. The molecule has 1 amide bonds. The van der Waals surface area contributed by atoms with Gasteiger partial charge in [-0.25, -0.2) is 14.4 Å². The quantitative estimate of drug-likeness (QED) is 0.517. The van der Waals surface area contributed by atoms with Crippen LogP contribution >= 0.6 is 0 Å². The fourth-order valence-electron chi connectivity index (χ4n) is 1.91. The summed E-state index contributed by atoms with van der Waals surface area (Å²) in [5.41, 5.74) is 0.0725. The molecule has 1 atom stereocenters. The largest absolute Gasteiger partial charge is 0.464 e. The molecule has 0 spiro atoms. The number of benzene rings is 1. The normalized spacial score (nSPS) is 12.0. The van der Waals surface area contributed by atoms with Crippen LogP contribution in [0.15, 0.2) is 30.3 Å². The predicted octanol–water partition coefficient (Wildman–Crippen LogP) is 2.20. The molecule has 0 aromatic heterocycles. The lowest BCUT2D eigenvalue weighted by Gasteiger charge is -2.23. The number of esters is 2. The average Bonchev–Trinajstić information content (AvgIpc) is 2.58. The fraction of sp³-hybridized carbons (Fsp3) is 0.526. The minimum absolute atomic E-state index is 0.0457. The number of hydrogen-bond donors (Lipinski definition) is 1. The topological polar surface area (TPSA) is 100 Å². The standard InChI is InChI=1S/C19H27NO7/c1-5-25-16(21)13-24-12-15(20-18(23)27-19(2,3)4)17(22)26-11-14-9-7-6-8-10-14/h6-10,15H,5,11-13H2,1-4H3,(H,20,23). The van der Waals surface area contributed by atoms with Crippen LogP contribution in [-0.4, -0.2) is 49.5 Å². The lowest BCUT2D eigenvalue weighted by atomic mass is 10.2. The van der Waals surface area contributed by atoms with Gasteiger partial charge in [-0.05, 0) is 33.3 Å². The van der Waals surface area contributed by atoms with Gasteiger partial charge in [0.25, 0.3) is 0 Å². The summed E-state index contributed by atoms with van der Waals surface area (Å²) in [6, 6.07) is 7.98. The molecule has 8 heteroatoms. The Bertz CT molecular complexity index is 610. The summed E-state index contributed by atoms with van der Waals surface area (Å²) in [6.45, 7) is 6.44. The van der Waals surface area contributed by atoms with E-state index in [1.54, 1.807) is 39.8 Å². The molecule has 1 aromatic rings. The second-order valence-electron chi connectivity index (χ2n) is 6.61. The first-order chi connectivity index (χ1) is 12.7. The summed E-state index contributed by atoms with van der Waals surface area (Å²) < 4.78 is 20.3. The number of carbonyl (C=O) groups excluding carboxylic acids is 3. The number of rotatable bonds is 9. The molecule has 0 saturated carbocycles. The SMILES string of the molecule is CCOC(=O)COCC(NC(=O)OC(C)(C)C)C(=O)OCc1ccccc1. The van der Waals surface area contributed by atoms with Crippen LogP contribution in [0, 0.1) is 0 Å². The average molecular weight is 381 g/mol. The van der Waals surface area contributed by atoms with E-state index >= 15 is 0 Å². The summed E-state index contributed by atoms with van der Waals surface area (Å²) in [6.07, 6.45) is -0.788. The molecule has 27 heavy (non-hydrogen) atoms. The highest BCUT2D eigenvalue weighted by Crippen LogP contribution is 2.08. The molecule has 0 fully saturated rings. The van der Waals surface area contributed by atoms with Gasteiger partial charge < -0.3 is 24.3 Å². The van der Waals surface area contributed by atoms with Crippen LogP contribution < -0.4 is 5.32 Å². The van der Waals surface area contributed by atoms with E-state index in [-0.39, 0.29) is 26.4 Å². The number of hydrogen-bond acceptors (Lipinski definition) is 7. The predicted molar refractivity (Wildman–Crippen MR) is 96.8 cm³/mol. The van der Waals surface area contributed by atoms with Gasteiger partial charge in [0, 0.05) is 0 Å². The van der Waals surface area contributed by atoms with Gasteiger partial charge in [0.05, 0.1) is 13.2 Å². The summed E-state index contributed by atoms with van der Waals surface area (Å²) in [5, 5.41) is 2.40. The molecule has 1 unspecified atom stereocenters. The zero-order chi connectivity index (χ0) is 20.3. The first-order valence-corrected chi connectivity index (χ1v) is 8.64. The summed E-state index contributed by atoms with van der Waals surface area (Å²) in [7, 11) is 0. The maximum absolute atomic E-state index is 12.3. The molecular formula is C19H27NO7. The molecule has 0 aliphatic carbocycles. The Balaban J connectivity index is 2.62. The number of alkyl carbamates (subject to hydrolysis) is 1. The minimum atomic E-state index is -1.13. The first-order valence-electron chi connectivity index (χ1n) is 8.64. The van der Waals surface area contributed by atoms with E-state index < -0.39 is 29.7 Å². The molecule has 0 saturated heterocycles. The number of amides is 1. The van der Waals surface area contributed by atoms with Crippen molar-refractivity contribution in [1.82, 2.24) is 5.32 Å². The van der Waals surface area contributed by atoms with Gasteiger partial charge in [-0.1, -0.05) is 30.3 Å². The van der Waals surface area contributed by atoms with Crippen molar-refractivity contribution < 1.29 is 33.3 Å². The van der Waals surface area contributed by atoms with Crippen LogP contribution in [0.25, 0.3) is 0 Å². The fourth-order valence-corrected chi connectivity index (χ4v) is 1.91. The number of carbonyl (C=O) groups is 3. The molecule has 0 radical (unpaired) electrons. The van der Waals surface area contributed by atoms with Gasteiger partial charge in [-0.3, -0.25) is 0 Å². The van der Waals surface area contributed by atoms with Crippen LogP contribution in [0.3, 0.4) is 0 Å². The summed E-state index contributed by atoms with van der Waals surface area (Å²) in [5.74, 6) is -1.26. The Morgan fingerprint density at radius 1 is 1.07 bits per heavy atom. The third-order valence-electron chi connectivity index (χ3n) is 3.01. The monoisotopic (exact) mass is 381 g/mol. The van der Waals surface area contributed by atoms with E-state index in [0.717, 1.165) is 5.56 Å². The molecule has 0 aliphatic rings. The van der Waals surface area contributed by atoms with Crippen molar-refractivity contribution in [1.29, 1.82) is 0 Å². The molecule has 0 heterocycles. The van der Waals surface area contributed by atoms with Gasteiger partial charge in [0.2, 0.25) is 0 Å². The molecular weight excluding hydrogens is 354 g/mol. The molecule has 8 nitrogen and oxygen atoms in total. The van der Waals surface area contributed by atoms with Crippen molar-refractivity contribution >= 4 is 18.0 Å². The van der Waals surface area contributed by atoms with Crippen LogP contribution in [0.2, 0.25) is 0 Å². The van der Waals surface area contributed by atoms with E-state index in [2.05, 4.69) is 5.32 Å². The highest BCUT2D eigenvalue weighted by Gasteiger charge is 2.26. The molecule has 1 aromatic carbocycles. The third kappa shape index (κ3) is 10.2. The third-order valence-corrected chi connectivity index (χ3v) is 3.01. The Labute approximate surface area is 159 Å². The van der Waals surface area contributed by atoms with Crippen molar-refractivity contribution in [3.8, 4) is 0 Å². The second kappa shape index (κ2) is 11.2. The molecule has 1 rings (SSSR count). The zero-order valence-electron chi connectivity index (χ0n) is 16.2. The highest BCUT2D eigenvalue weighted by atomic mass is 16.6. The lowest BCUT2D eigenvalue weighted by Crippen LogP contribution is -2.47. The number of nitrogens with one attached hydrogen (secondary N) is 1. The van der Waals surface area contributed by atoms with Crippen molar-refractivity contribution in [3.05, 3.63) is 35.9 Å². The maximum Gasteiger partial charge on any atom is 0.408 e. The van der Waals surface area contributed by atoms with Crippen LogP contribution in [0.1, 0.15) is 33.3 Å². The Morgan fingerprint density at radius 2 is 1.74 bits per heavy atom. The smallest absolute Gasteiger partial charge is 0.408 e. The van der Waals surface area contributed by atoms with Crippen molar-refractivity contribution in [2.24, 2.45) is 0 Å². The lowest BCUT2D eigenvalue weighted by molar-refractivity contribution is -0.154. The first kappa shape index (κ1) is 22.4. The van der Waals surface area contributed by atoms with E-state index in [1.165, 1.54) is 0 Å². The Morgan fingerprint density at radius 3 is 2.33 bits per heavy atom. The van der Waals surface area contributed by atoms with Crippen LogP contribution in [-0.2, 0) is 35.1 Å². The Kier molecular flexibility index (Phi) is 9.29. The molecule has 1 N–H and O–H groups in total. The van der Waals surface area contributed by atoms with E-state index in [4.69, 9.17) is 18.9 Å². The van der Waals surface area contributed by atoms with Crippen molar-refractivity contribution in [2.45, 2.75) is 45.9 Å². The van der Waals surface area contributed by atoms with Crippen molar-refractivity contribution in [2.75, 3.05) is 19.8 Å². The number of ether oxygens (including phenoxy) is 4. The zero-order valence-corrected chi connectivity index (χ0v) is 16.2. The minimum Gasteiger partial charge on any atom is -0.464 e. The van der Waals surface area contributed by atoms with E-state index in [0.29, 0.717) is 0 Å². The van der Waals surface area contributed by atoms with Gasteiger partial charge in [0.15, 0.2) is 6.04 Å². The van der Waals surface area contributed by atoms with Crippen molar-refractivity contribution in [3.63, 3.8) is 0 Å². The maximum atomic E-state index is 12.3. The van der Waals surface area contributed by atoms with E-state index in [1.807, 2.05) is 18.2 Å². The van der Waals surface area contributed by atoms with Gasteiger partial charge in [-0.15, -0.1) is 0 Å².